The lowest BCUT2D eigenvalue weighted by atomic mass is 10.1. The zero-order valence-corrected chi connectivity index (χ0v) is 20.2. The molecule has 0 aliphatic rings. The summed E-state index contributed by atoms with van der Waals surface area (Å²) in [6.07, 6.45) is 8.56. The first-order valence-electron chi connectivity index (χ1n) is 11.3. The molecule has 8 heteroatoms. The summed E-state index contributed by atoms with van der Waals surface area (Å²) >= 11 is 0. The first kappa shape index (κ1) is 26.6. The third kappa shape index (κ3) is 7.44. The van der Waals surface area contributed by atoms with E-state index in [0.717, 1.165) is 55.5 Å². The molecule has 1 aromatic carbocycles. The van der Waals surface area contributed by atoms with Gasteiger partial charge >= 0.3 is 0 Å². The number of pyridine rings is 2. The molecule has 0 unspecified atom stereocenters. The summed E-state index contributed by atoms with van der Waals surface area (Å²) in [6.45, 7) is 4.09. The van der Waals surface area contributed by atoms with Crippen LogP contribution in [0.25, 0.3) is 10.9 Å². The van der Waals surface area contributed by atoms with E-state index in [4.69, 9.17) is 0 Å². The van der Waals surface area contributed by atoms with Crippen molar-refractivity contribution in [3.63, 3.8) is 0 Å². The van der Waals surface area contributed by atoms with Crippen LogP contribution in [0.1, 0.15) is 49.9 Å². The third-order valence-electron chi connectivity index (χ3n) is 5.87. The molecule has 3 aromatic rings. The summed E-state index contributed by atoms with van der Waals surface area (Å²) in [5, 5.41) is 17.7. The molecule has 0 atom stereocenters. The predicted octanol–water partition coefficient (Wildman–Crippen LogP) is 5.05. The van der Waals surface area contributed by atoms with Crippen molar-refractivity contribution in [2.75, 3.05) is 18.4 Å². The normalized spacial score (nSPS) is 10.9. The fourth-order valence-corrected chi connectivity index (χ4v) is 3.86. The number of hydrogen-bond donors (Lipinski definition) is 3. The molecule has 0 saturated heterocycles. The standard InChI is InChI=1S/C25H33FN4O2.ClH/c1-18-15-24(31)25(32)23(30(18)2)17-27-12-7-5-3-4-6-8-13-28-21-11-14-29-22-16-19(26)9-10-20(21)22;/h9-11,14-16,27,32H,3-8,12-13,17H2,1-2H3,(H,28,29);1H. The summed E-state index contributed by atoms with van der Waals surface area (Å²) in [5.41, 5.74) is 2.82. The molecule has 33 heavy (non-hydrogen) atoms. The van der Waals surface area contributed by atoms with Gasteiger partial charge in [-0.15, -0.1) is 12.4 Å². The van der Waals surface area contributed by atoms with Crippen LogP contribution in [0, 0.1) is 12.7 Å². The maximum absolute atomic E-state index is 13.3. The minimum Gasteiger partial charge on any atom is -0.503 e. The zero-order valence-electron chi connectivity index (χ0n) is 19.4. The molecule has 0 radical (unpaired) electrons. The summed E-state index contributed by atoms with van der Waals surface area (Å²) in [4.78, 5) is 16.0. The van der Waals surface area contributed by atoms with E-state index in [1.54, 1.807) is 12.3 Å². The topological polar surface area (TPSA) is 79.2 Å². The van der Waals surface area contributed by atoms with E-state index in [9.17, 15) is 14.3 Å². The van der Waals surface area contributed by atoms with Crippen LogP contribution < -0.4 is 16.1 Å². The highest BCUT2D eigenvalue weighted by Crippen LogP contribution is 2.22. The molecule has 0 bridgehead atoms. The molecular formula is C25H34ClFN4O2. The number of aryl methyl sites for hydroxylation is 1. The van der Waals surface area contributed by atoms with E-state index >= 15 is 0 Å². The summed E-state index contributed by atoms with van der Waals surface area (Å²) in [6, 6.07) is 8.08. The van der Waals surface area contributed by atoms with Gasteiger partial charge in [-0.2, -0.15) is 0 Å². The van der Waals surface area contributed by atoms with Crippen molar-refractivity contribution in [3.8, 4) is 5.75 Å². The highest BCUT2D eigenvalue weighted by molar-refractivity contribution is 5.90. The van der Waals surface area contributed by atoms with E-state index in [2.05, 4.69) is 15.6 Å². The molecule has 0 spiro atoms. The Bertz CT molecular complexity index is 1100. The number of unbranched alkanes of at least 4 members (excludes halogenated alkanes) is 5. The van der Waals surface area contributed by atoms with Crippen molar-refractivity contribution in [1.29, 1.82) is 0 Å². The smallest absolute Gasteiger partial charge is 0.223 e. The van der Waals surface area contributed by atoms with Crippen molar-refractivity contribution < 1.29 is 9.50 Å². The van der Waals surface area contributed by atoms with Crippen LogP contribution in [-0.4, -0.2) is 27.7 Å². The highest BCUT2D eigenvalue weighted by Gasteiger charge is 2.10. The van der Waals surface area contributed by atoms with Gasteiger partial charge in [-0.25, -0.2) is 4.39 Å². The number of anilines is 1. The Hall–Kier alpha value is -2.64. The fraction of sp³-hybridized carbons (Fsp3) is 0.440. The monoisotopic (exact) mass is 476 g/mol. The van der Waals surface area contributed by atoms with Gasteiger partial charge in [0.15, 0.2) is 5.75 Å². The predicted molar refractivity (Wildman–Crippen MR) is 135 cm³/mol. The van der Waals surface area contributed by atoms with Crippen LogP contribution in [-0.2, 0) is 13.6 Å². The Balaban J connectivity index is 0.00000385. The number of fused-ring (bicyclic) bond motifs is 1. The fourth-order valence-electron chi connectivity index (χ4n) is 3.86. The molecule has 0 aliphatic heterocycles. The van der Waals surface area contributed by atoms with Gasteiger partial charge in [0, 0.05) is 55.2 Å². The Morgan fingerprint density at radius 1 is 1.03 bits per heavy atom. The molecule has 6 nitrogen and oxygen atoms in total. The van der Waals surface area contributed by atoms with E-state index in [1.807, 2.05) is 24.6 Å². The second-order valence-corrected chi connectivity index (χ2v) is 8.25. The van der Waals surface area contributed by atoms with E-state index in [1.165, 1.54) is 31.0 Å². The molecule has 0 fully saturated rings. The highest BCUT2D eigenvalue weighted by atomic mass is 35.5. The Kier molecular flexibility index (Phi) is 10.6. The summed E-state index contributed by atoms with van der Waals surface area (Å²) < 4.78 is 15.2. The number of rotatable bonds is 12. The van der Waals surface area contributed by atoms with Gasteiger partial charge in [0.1, 0.15) is 5.82 Å². The average molecular weight is 477 g/mol. The van der Waals surface area contributed by atoms with Crippen molar-refractivity contribution in [1.82, 2.24) is 14.9 Å². The SMILES string of the molecule is Cc1cc(=O)c(O)c(CNCCCCCCCCNc2ccnc3cc(F)ccc23)n1C.Cl. The van der Waals surface area contributed by atoms with Crippen molar-refractivity contribution in [3.05, 3.63) is 64.0 Å². The van der Waals surface area contributed by atoms with Gasteiger partial charge in [-0.05, 0) is 44.5 Å². The number of halogens is 2. The number of aromatic hydroxyl groups is 1. The minimum absolute atomic E-state index is 0. The second-order valence-electron chi connectivity index (χ2n) is 8.25. The molecule has 2 aromatic heterocycles. The maximum atomic E-state index is 13.3. The van der Waals surface area contributed by atoms with Crippen LogP contribution in [0.15, 0.2) is 41.3 Å². The number of nitrogens with zero attached hydrogens (tertiary/aromatic N) is 2. The quantitative estimate of drug-likeness (QED) is 0.319. The van der Waals surface area contributed by atoms with Gasteiger partial charge in [0.05, 0.1) is 11.2 Å². The maximum Gasteiger partial charge on any atom is 0.223 e. The molecule has 3 N–H and O–H groups in total. The zero-order chi connectivity index (χ0) is 22.9. The van der Waals surface area contributed by atoms with E-state index in [-0.39, 0.29) is 29.4 Å². The Labute approximate surface area is 200 Å². The van der Waals surface area contributed by atoms with Gasteiger partial charge in [-0.1, -0.05) is 25.7 Å². The van der Waals surface area contributed by atoms with E-state index in [0.29, 0.717) is 17.8 Å². The van der Waals surface area contributed by atoms with Gasteiger partial charge in [-0.3, -0.25) is 9.78 Å². The molecule has 0 aliphatic carbocycles. The van der Waals surface area contributed by atoms with Crippen molar-refractivity contribution in [2.45, 2.75) is 52.0 Å². The van der Waals surface area contributed by atoms with E-state index < -0.39 is 0 Å². The van der Waals surface area contributed by atoms with Crippen LogP contribution in [0.2, 0.25) is 0 Å². The largest absolute Gasteiger partial charge is 0.503 e. The Morgan fingerprint density at radius 3 is 2.48 bits per heavy atom. The lowest BCUT2D eigenvalue weighted by Crippen LogP contribution is -2.21. The molecule has 3 rings (SSSR count). The minimum atomic E-state index is -0.321. The first-order valence-corrected chi connectivity index (χ1v) is 11.3. The lowest BCUT2D eigenvalue weighted by molar-refractivity contribution is 0.444. The van der Waals surface area contributed by atoms with Crippen LogP contribution in [0.5, 0.6) is 5.75 Å². The van der Waals surface area contributed by atoms with Crippen molar-refractivity contribution >= 4 is 29.0 Å². The van der Waals surface area contributed by atoms with Gasteiger partial charge in [0.25, 0.3) is 0 Å². The van der Waals surface area contributed by atoms with Crippen LogP contribution in [0.4, 0.5) is 10.1 Å². The number of nitrogens with one attached hydrogen (secondary N) is 2. The number of aromatic nitrogens is 2. The molecular weight excluding hydrogens is 443 g/mol. The van der Waals surface area contributed by atoms with Gasteiger partial charge in [0.2, 0.25) is 5.43 Å². The van der Waals surface area contributed by atoms with Gasteiger partial charge < -0.3 is 20.3 Å². The molecule has 2 heterocycles. The first-order chi connectivity index (χ1) is 15.5. The molecule has 0 saturated carbocycles. The second kappa shape index (κ2) is 13.2. The van der Waals surface area contributed by atoms with Crippen LogP contribution >= 0.6 is 12.4 Å². The molecule has 0 amide bonds. The number of benzene rings is 1. The lowest BCUT2D eigenvalue weighted by Gasteiger charge is -2.14. The third-order valence-corrected chi connectivity index (χ3v) is 5.87. The summed E-state index contributed by atoms with van der Waals surface area (Å²) in [5.74, 6) is -0.428. The average Bonchev–Trinajstić information content (AvgIpc) is 2.77. The Morgan fingerprint density at radius 2 is 1.73 bits per heavy atom. The molecule has 180 valence electrons. The van der Waals surface area contributed by atoms with Crippen LogP contribution in [0.3, 0.4) is 0 Å². The number of hydrogen-bond acceptors (Lipinski definition) is 5. The summed E-state index contributed by atoms with van der Waals surface area (Å²) in [7, 11) is 1.86. The van der Waals surface area contributed by atoms with Crippen molar-refractivity contribution in [2.24, 2.45) is 7.05 Å².